The molecule has 7 nitrogen and oxygen atoms in total. The Hall–Kier alpha value is -2.72. The molecule has 4 heterocycles. The first-order valence-electron chi connectivity index (χ1n) is 15.3. The maximum absolute atomic E-state index is 15.9. The molecule has 1 N–H and O–H groups in total. The van der Waals surface area contributed by atoms with E-state index in [1.54, 1.807) is 18.4 Å². The van der Waals surface area contributed by atoms with Gasteiger partial charge in [0.25, 0.3) is 5.91 Å². The first-order valence-corrected chi connectivity index (χ1v) is 15.3. The lowest BCUT2D eigenvalue weighted by Crippen LogP contribution is -2.65. The van der Waals surface area contributed by atoms with Crippen LogP contribution in [-0.2, 0) is 42.2 Å². The standard InChI is InChI=1S/C33H37BFNO6/c1-31(2)22-14-26(31)32(3)27(15-22)41-34(42-32)28(13-20-16-39-25-7-5-4-6-23(20)25)36-30(37)29(35)19-8-9-24-21(12-19)17-40-33(24)10-11-38-18-33/h4-9,12,16,22,26-29H,10-11,13-15,17-18H2,1-3H3,(H,36,37)/t22-,26-,27+,28-,29?,32-,33?/m0/s1. The number of carbonyl (C=O) groups is 1. The minimum absolute atomic E-state index is 0.0513. The third-order valence-electron chi connectivity index (χ3n) is 11.3. The second-order valence-corrected chi connectivity index (χ2v) is 13.8. The number of carbonyl (C=O) groups excluding carboxylic acids is 1. The molecule has 9 heteroatoms. The van der Waals surface area contributed by atoms with Gasteiger partial charge in [-0.25, -0.2) is 4.39 Å². The zero-order chi connectivity index (χ0) is 28.9. The molecule has 5 fully saturated rings. The summed E-state index contributed by atoms with van der Waals surface area (Å²) in [6.07, 6.45) is 3.04. The fourth-order valence-corrected chi connectivity index (χ4v) is 8.62. The fraction of sp³-hybridized carbons (Fsp3) is 0.545. The highest BCUT2D eigenvalue weighted by molar-refractivity contribution is 6.48. The number of fused-ring (bicyclic) bond motifs is 3. The van der Waals surface area contributed by atoms with E-state index >= 15 is 4.39 Å². The number of benzene rings is 2. The predicted octanol–water partition coefficient (Wildman–Crippen LogP) is 5.58. The van der Waals surface area contributed by atoms with E-state index in [9.17, 15) is 4.79 Å². The van der Waals surface area contributed by atoms with Gasteiger partial charge in [0.05, 0.1) is 37.1 Å². The van der Waals surface area contributed by atoms with Crippen molar-refractivity contribution in [2.45, 2.75) is 82.5 Å². The van der Waals surface area contributed by atoms with E-state index in [0.717, 1.165) is 46.9 Å². The molecule has 0 radical (unpaired) electrons. The van der Waals surface area contributed by atoms with Crippen LogP contribution in [0.2, 0.25) is 0 Å². The first-order chi connectivity index (χ1) is 20.2. The summed E-state index contributed by atoms with van der Waals surface area (Å²) in [6.45, 7) is 8.32. The van der Waals surface area contributed by atoms with Crippen LogP contribution < -0.4 is 5.32 Å². The van der Waals surface area contributed by atoms with Crippen LogP contribution in [0.4, 0.5) is 4.39 Å². The second kappa shape index (κ2) is 9.39. The molecule has 220 valence electrons. The van der Waals surface area contributed by atoms with Crippen LogP contribution in [0.25, 0.3) is 11.0 Å². The number of amides is 1. The summed E-state index contributed by atoms with van der Waals surface area (Å²) in [5.74, 6) is -0.331. The van der Waals surface area contributed by atoms with E-state index in [4.69, 9.17) is 23.2 Å². The lowest BCUT2D eigenvalue weighted by Gasteiger charge is -2.64. The summed E-state index contributed by atoms with van der Waals surface area (Å²) in [7, 11) is -0.699. The van der Waals surface area contributed by atoms with Crippen molar-refractivity contribution in [2.75, 3.05) is 13.2 Å². The Morgan fingerprint density at radius 3 is 2.83 bits per heavy atom. The summed E-state index contributed by atoms with van der Waals surface area (Å²) < 4.78 is 46.7. The average Bonchev–Trinajstić information content (AvgIpc) is 3.78. The first kappa shape index (κ1) is 26.9. The van der Waals surface area contributed by atoms with Crippen LogP contribution in [0.5, 0.6) is 0 Å². The highest BCUT2D eigenvalue weighted by Gasteiger charge is 2.68. The van der Waals surface area contributed by atoms with E-state index in [0.29, 0.717) is 43.6 Å². The Morgan fingerprint density at radius 1 is 1.17 bits per heavy atom. The zero-order valence-electron chi connectivity index (χ0n) is 24.4. The van der Waals surface area contributed by atoms with Crippen molar-refractivity contribution in [1.29, 1.82) is 0 Å². The minimum Gasteiger partial charge on any atom is -0.464 e. The number of alkyl halides is 1. The highest BCUT2D eigenvalue weighted by atomic mass is 19.1. The van der Waals surface area contributed by atoms with Crippen molar-refractivity contribution in [1.82, 2.24) is 5.32 Å². The van der Waals surface area contributed by atoms with Gasteiger partial charge in [0.15, 0.2) is 0 Å². The summed E-state index contributed by atoms with van der Waals surface area (Å²) >= 11 is 0. The van der Waals surface area contributed by atoms with Crippen LogP contribution >= 0.6 is 0 Å². The molecule has 3 aliphatic carbocycles. The summed E-state index contributed by atoms with van der Waals surface area (Å²) in [4.78, 5) is 13.6. The van der Waals surface area contributed by atoms with Gasteiger partial charge in [0.2, 0.25) is 6.17 Å². The third-order valence-corrected chi connectivity index (χ3v) is 11.3. The minimum atomic E-state index is -1.85. The molecule has 6 aliphatic rings. The Labute approximate surface area is 245 Å². The number of hydrogen-bond acceptors (Lipinski definition) is 6. The van der Waals surface area contributed by atoms with Crippen molar-refractivity contribution in [3.05, 3.63) is 71.0 Å². The molecular weight excluding hydrogens is 536 g/mol. The van der Waals surface area contributed by atoms with E-state index in [1.807, 2.05) is 30.3 Å². The Balaban J connectivity index is 1.06. The summed E-state index contributed by atoms with van der Waals surface area (Å²) in [5, 5.41) is 3.96. The maximum atomic E-state index is 15.9. The quantitative estimate of drug-likeness (QED) is 0.388. The molecule has 2 bridgehead atoms. The van der Waals surface area contributed by atoms with Crippen molar-refractivity contribution in [2.24, 2.45) is 17.3 Å². The van der Waals surface area contributed by atoms with Gasteiger partial charge in [0, 0.05) is 18.4 Å². The zero-order valence-corrected chi connectivity index (χ0v) is 24.4. The average molecular weight is 573 g/mol. The SMILES string of the molecule is CC1(C)[C@@H]2C[C@H]3OB([C@H](Cc4coc5ccccc45)NC(=O)C(F)c4ccc5c(c4)COC54CCOC4)O[C@@]3(C)[C@H]1C2. The molecule has 2 unspecified atom stereocenters. The van der Waals surface area contributed by atoms with Crippen molar-refractivity contribution < 1.29 is 32.4 Å². The number of rotatable bonds is 6. The Morgan fingerprint density at radius 2 is 2.02 bits per heavy atom. The third kappa shape index (κ3) is 3.89. The van der Waals surface area contributed by atoms with Gasteiger partial charge in [-0.05, 0) is 77.8 Å². The van der Waals surface area contributed by atoms with Crippen molar-refractivity contribution in [3.8, 4) is 0 Å². The van der Waals surface area contributed by atoms with E-state index < -0.39 is 36.3 Å². The number of furan rings is 1. The van der Waals surface area contributed by atoms with Gasteiger partial charge in [-0.1, -0.05) is 44.2 Å². The van der Waals surface area contributed by atoms with Crippen LogP contribution in [0.15, 0.2) is 53.1 Å². The van der Waals surface area contributed by atoms with Crippen LogP contribution in [-0.4, -0.2) is 43.9 Å². The number of hydrogen-bond donors (Lipinski definition) is 1. The van der Waals surface area contributed by atoms with E-state index in [1.165, 1.54) is 0 Å². The maximum Gasteiger partial charge on any atom is 0.482 e. The van der Waals surface area contributed by atoms with Crippen molar-refractivity contribution >= 4 is 24.0 Å². The van der Waals surface area contributed by atoms with Gasteiger partial charge in [-0.15, -0.1) is 0 Å². The largest absolute Gasteiger partial charge is 0.482 e. The smallest absolute Gasteiger partial charge is 0.464 e. The molecule has 9 rings (SSSR count). The lowest BCUT2D eigenvalue weighted by atomic mass is 9.43. The molecule has 3 saturated carbocycles. The lowest BCUT2D eigenvalue weighted by molar-refractivity contribution is -0.199. The Bertz CT molecular complexity index is 1550. The molecule has 42 heavy (non-hydrogen) atoms. The molecule has 3 aliphatic heterocycles. The monoisotopic (exact) mass is 573 g/mol. The predicted molar refractivity (Wildman–Crippen MR) is 154 cm³/mol. The molecule has 7 atom stereocenters. The summed E-state index contributed by atoms with van der Waals surface area (Å²) in [6, 6.07) is 13.1. The highest BCUT2D eigenvalue weighted by Crippen LogP contribution is 2.65. The van der Waals surface area contributed by atoms with E-state index in [-0.39, 0.29) is 11.5 Å². The molecule has 1 aromatic heterocycles. The van der Waals surface area contributed by atoms with Gasteiger partial charge in [-0.2, -0.15) is 0 Å². The second-order valence-electron chi connectivity index (χ2n) is 13.8. The molecule has 1 spiro atoms. The number of nitrogens with one attached hydrogen (secondary N) is 1. The Kier molecular flexibility index (Phi) is 6.01. The number of para-hydroxylation sites is 1. The number of halogens is 1. The fourth-order valence-electron chi connectivity index (χ4n) is 8.62. The molecule has 1 amide bonds. The molecule has 2 saturated heterocycles. The van der Waals surface area contributed by atoms with Gasteiger partial charge in [0.1, 0.15) is 11.2 Å². The normalized spacial score (nSPS) is 33.8. The van der Waals surface area contributed by atoms with E-state index in [2.05, 4.69) is 26.1 Å². The molecular formula is C33H37BFNO6. The van der Waals surface area contributed by atoms with Crippen LogP contribution in [0.3, 0.4) is 0 Å². The topological polar surface area (TPSA) is 79.2 Å². The van der Waals surface area contributed by atoms with Crippen LogP contribution in [0.1, 0.15) is 68.5 Å². The van der Waals surface area contributed by atoms with Crippen molar-refractivity contribution in [3.63, 3.8) is 0 Å². The van der Waals surface area contributed by atoms with Gasteiger partial charge >= 0.3 is 7.12 Å². The van der Waals surface area contributed by atoms with Gasteiger partial charge in [-0.3, -0.25) is 4.79 Å². The molecule has 2 aromatic carbocycles. The molecule has 3 aromatic rings. The summed E-state index contributed by atoms with van der Waals surface area (Å²) in [5.41, 5.74) is 3.24. The number of ether oxygens (including phenoxy) is 2. The van der Waals surface area contributed by atoms with Crippen LogP contribution in [0, 0.1) is 17.3 Å². The van der Waals surface area contributed by atoms with Gasteiger partial charge < -0.3 is 28.5 Å².